The second kappa shape index (κ2) is 4.31. The number of hydrogen-bond donors (Lipinski definition) is 1. The van der Waals surface area contributed by atoms with Crippen molar-refractivity contribution in [2.24, 2.45) is 5.73 Å². The van der Waals surface area contributed by atoms with Gasteiger partial charge < -0.3 is 5.73 Å². The third-order valence-electron chi connectivity index (χ3n) is 2.03. The Morgan fingerprint density at radius 1 is 1.35 bits per heavy atom. The number of halogens is 2. The lowest BCUT2D eigenvalue weighted by atomic mass is 10.3. The van der Waals surface area contributed by atoms with Gasteiger partial charge in [-0.2, -0.15) is 5.10 Å². The molecule has 8 heteroatoms. The zero-order chi connectivity index (χ0) is 12.6. The number of hydrogen-bond acceptors (Lipinski definition) is 4. The topological polar surface area (TPSA) is 86.7 Å². The monoisotopic (exact) mass is 271 g/mol. The number of primary amides is 1. The Balaban J connectivity index is 2.53. The predicted molar refractivity (Wildman–Crippen MR) is 62.4 cm³/mol. The van der Waals surface area contributed by atoms with E-state index in [4.69, 9.17) is 28.9 Å². The van der Waals surface area contributed by atoms with Gasteiger partial charge in [-0.05, 0) is 19.1 Å². The average Bonchev–Trinajstić information content (AvgIpc) is 2.60. The molecule has 0 saturated heterocycles. The van der Waals surface area contributed by atoms with Crippen LogP contribution in [0.25, 0.3) is 5.69 Å². The molecule has 0 unspecified atom stereocenters. The van der Waals surface area contributed by atoms with E-state index in [0.29, 0.717) is 11.4 Å². The summed E-state index contributed by atoms with van der Waals surface area (Å²) in [5.41, 5.74) is 6.08. The molecule has 0 saturated carbocycles. The van der Waals surface area contributed by atoms with Gasteiger partial charge in [0, 0.05) is 0 Å². The number of amides is 1. The summed E-state index contributed by atoms with van der Waals surface area (Å²) in [5, 5.41) is 8.37. The van der Waals surface area contributed by atoms with Crippen molar-refractivity contribution in [2.45, 2.75) is 6.92 Å². The number of rotatable bonds is 2. The summed E-state index contributed by atoms with van der Waals surface area (Å²) in [4.78, 5) is 16.1. The number of nitrogens with two attached hydrogens (primary N) is 1. The van der Waals surface area contributed by atoms with Gasteiger partial charge in [0.15, 0.2) is 10.8 Å². The van der Waals surface area contributed by atoms with Crippen molar-refractivity contribution in [2.75, 3.05) is 0 Å². The fraction of sp³-hybridized carbons (Fsp3) is 0.111. The highest BCUT2D eigenvalue weighted by atomic mass is 35.5. The van der Waals surface area contributed by atoms with Gasteiger partial charge in [0.25, 0.3) is 5.91 Å². The summed E-state index contributed by atoms with van der Waals surface area (Å²) >= 11 is 11.6. The molecule has 2 heterocycles. The first kappa shape index (κ1) is 11.8. The smallest absolute Gasteiger partial charge is 0.271 e. The quantitative estimate of drug-likeness (QED) is 0.836. The maximum Gasteiger partial charge on any atom is 0.271 e. The Hall–Kier alpha value is -1.66. The number of pyridine rings is 1. The third-order valence-corrected chi connectivity index (χ3v) is 2.51. The molecule has 1 amide bonds. The summed E-state index contributed by atoms with van der Waals surface area (Å²) in [7, 11) is 0. The minimum Gasteiger partial charge on any atom is -0.364 e. The van der Waals surface area contributed by atoms with E-state index in [1.54, 1.807) is 19.1 Å². The zero-order valence-electron chi connectivity index (χ0n) is 8.69. The second-order valence-corrected chi connectivity index (χ2v) is 3.98. The molecule has 6 nitrogen and oxygen atoms in total. The molecule has 0 aromatic carbocycles. The van der Waals surface area contributed by atoms with Crippen LogP contribution in [-0.4, -0.2) is 25.9 Å². The van der Waals surface area contributed by atoms with Crippen LogP contribution >= 0.6 is 23.2 Å². The van der Waals surface area contributed by atoms with Crippen molar-refractivity contribution in [3.05, 3.63) is 33.8 Å². The molecule has 2 rings (SSSR count). The van der Waals surface area contributed by atoms with E-state index < -0.39 is 5.91 Å². The molecular formula is C9H7Cl2N5O. The highest BCUT2D eigenvalue weighted by Crippen LogP contribution is 2.19. The van der Waals surface area contributed by atoms with E-state index in [1.807, 2.05) is 0 Å². The van der Waals surface area contributed by atoms with Crippen LogP contribution in [0.15, 0.2) is 12.1 Å². The molecule has 0 bridgehead atoms. The SMILES string of the molecule is Cc1nn(-c2ccc(Cl)nc2Cl)nc1C(N)=O. The standard InChI is InChI=1S/C9H7Cl2N5O/c1-4-7(9(12)17)15-16(14-4)5-2-3-6(10)13-8(5)11/h2-3H,1H3,(H2,12,17). The fourth-order valence-corrected chi connectivity index (χ4v) is 1.69. The Kier molecular flexibility index (Phi) is 2.99. The highest BCUT2D eigenvalue weighted by molar-refractivity contribution is 6.33. The summed E-state index contributed by atoms with van der Waals surface area (Å²) in [6.45, 7) is 1.63. The van der Waals surface area contributed by atoms with Gasteiger partial charge in [0.1, 0.15) is 10.8 Å². The Morgan fingerprint density at radius 2 is 2.06 bits per heavy atom. The molecule has 0 spiro atoms. The van der Waals surface area contributed by atoms with E-state index in [-0.39, 0.29) is 16.0 Å². The number of carbonyl (C=O) groups is 1. The molecule has 0 radical (unpaired) electrons. The van der Waals surface area contributed by atoms with Gasteiger partial charge in [-0.3, -0.25) is 4.79 Å². The van der Waals surface area contributed by atoms with Crippen LogP contribution in [0.1, 0.15) is 16.2 Å². The maximum atomic E-state index is 11.0. The molecule has 0 atom stereocenters. The maximum absolute atomic E-state index is 11.0. The minimum absolute atomic E-state index is 0.0935. The van der Waals surface area contributed by atoms with Gasteiger partial charge in [-0.25, -0.2) is 4.98 Å². The summed E-state index contributed by atoms with van der Waals surface area (Å²) in [6.07, 6.45) is 0. The second-order valence-electron chi connectivity index (χ2n) is 3.23. The predicted octanol–water partition coefficient (Wildman–Crippen LogP) is 1.38. The Bertz CT molecular complexity index is 595. The molecule has 2 aromatic heterocycles. The molecule has 0 aliphatic carbocycles. The van der Waals surface area contributed by atoms with Crippen LogP contribution in [0, 0.1) is 6.92 Å². The molecule has 2 N–H and O–H groups in total. The van der Waals surface area contributed by atoms with Gasteiger partial charge in [-0.1, -0.05) is 23.2 Å². The largest absolute Gasteiger partial charge is 0.364 e. The highest BCUT2D eigenvalue weighted by Gasteiger charge is 2.15. The fourth-order valence-electron chi connectivity index (χ4n) is 1.27. The molecular weight excluding hydrogens is 265 g/mol. The molecule has 0 fully saturated rings. The van der Waals surface area contributed by atoms with Crippen molar-refractivity contribution in [1.82, 2.24) is 20.0 Å². The van der Waals surface area contributed by atoms with Crippen LogP contribution in [0.2, 0.25) is 10.3 Å². The van der Waals surface area contributed by atoms with Crippen LogP contribution in [0.3, 0.4) is 0 Å². The van der Waals surface area contributed by atoms with E-state index >= 15 is 0 Å². The van der Waals surface area contributed by atoms with Crippen LogP contribution < -0.4 is 5.73 Å². The number of aromatic nitrogens is 4. The van der Waals surface area contributed by atoms with E-state index in [1.165, 1.54) is 4.80 Å². The lowest BCUT2D eigenvalue weighted by molar-refractivity contribution is 0.0994. The molecule has 0 aliphatic rings. The summed E-state index contributed by atoms with van der Waals surface area (Å²) in [5.74, 6) is -0.646. The van der Waals surface area contributed by atoms with Crippen molar-refractivity contribution < 1.29 is 4.79 Å². The van der Waals surface area contributed by atoms with Gasteiger partial charge in [0.2, 0.25) is 0 Å². The van der Waals surface area contributed by atoms with Crippen molar-refractivity contribution >= 4 is 29.1 Å². The lowest BCUT2D eigenvalue weighted by Gasteiger charge is -2.01. The third kappa shape index (κ3) is 2.22. The number of nitrogens with zero attached hydrogens (tertiary/aromatic N) is 4. The first-order valence-corrected chi connectivity index (χ1v) is 5.31. The molecule has 88 valence electrons. The van der Waals surface area contributed by atoms with Crippen molar-refractivity contribution in [3.63, 3.8) is 0 Å². The summed E-state index contributed by atoms with van der Waals surface area (Å²) in [6, 6.07) is 3.15. The lowest BCUT2D eigenvalue weighted by Crippen LogP contribution is -2.13. The normalized spacial score (nSPS) is 10.5. The number of aryl methyl sites for hydroxylation is 1. The van der Waals surface area contributed by atoms with E-state index in [2.05, 4.69) is 15.2 Å². The van der Waals surface area contributed by atoms with Crippen molar-refractivity contribution in [1.29, 1.82) is 0 Å². The first-order chi connectivity index (χ1) is 7.99. The minimum atomic E-state index is -0.646. The molecule has 2 aromatic rings. The van der Waals surface area contributed by atoms with Crippen molar-refractivity contribution in [3.8, 4) is 5.69 Å². The van der Waals surface area contributed by atoms with E-state index in [9.17, 15) is 4.79 Å². The van der Waals surface area contributed by atoms with Gasteiger partial charge in [-0.15, -0.1) is 9.90 Å². The van der Waals surface area contributed by atoms with Crippen LogP contribution in [0.5, 0.6) is 0 Å². The molecule has 17 heavy (non-hydrogen) atoms. The first-order valence-electron chi connectivity index (χ1n) is 4.55. The zero-order valence-corrected chi connectivity index (χ0v) is 10.2. The van der Waals surface area contributed by atoms with Crippen LogP contribution in [-0.2, 0) is 0 Å². The molecule has 0 aliphatic heterocycles. The Morgan fingerprint density at radius 3 is 2.59 bits per heavy atom. The van der Waals surface area contributed by atoms with Gasteiger partial charge >= 0.3 is 0 Å². The average molecular weight is 272 g/mol. The van der Waals surface area contributed by atoms with Gasteiger partial charge in [0.05, 0.1) is 5.69 Å². The van der Waals surface area contributed by atoms with Crippen LogP contribution in [0.4, 0.5) is 0 Å². The number of carbonyl (C=O) groups excluding carboxylic acids is 1. The Labute approximate surface area is 106 Å². The summed E-state index contributed by atoms with van der Waals surface area (Å²) < 4.78 is 0. The van der Waals surface area contributed by atoms with E-state index in [0.717, 1.165) is 0 Å².